The van der Waals surface area contributed by atoms with Crippen LogP contribution in [0.25, 0.3) is 0 Å². The average Bonchev–Trinajstić information content (AvgIpc) is 2.44. The minimum Gasteiger partial charge on any atom is -0.480 e. The van der Waals surface area contributed by atoms with Gasteiger partial charge >= 0.3 is 5.97 Å². The quantitative estimate of drug-likeness (QED) is 0.592. The monoisotopic (exact) mass is 273 g/mol. The highest BCUT2D eigenvalue weighted by Crippen LogP contribution is 2.05. The second-order valence-corrected chi connectivity index (χ2v) is 4.31. The smallest absolute Gasteiger partial charge is 0.326 e. The van der Waals surface area contributed by atoms with Gasteiger partial charge in [0.2, 0.25) is 5.91 Å². The zero-order valence-corrected chi connectivity index (χ0v) is 11.5. The maximum absolute atomic E-state index is 11.5. The van der Waals surface area contributed by atoms with Crippen LogP contribution in [-0.4, -0.2) is 23.0 Å². The van der Waals surface area contributed by atoms with Crippen molar-refractivity contribution in [3.63, 3.8) is 0 Å². The molecule has 106 valence electrons. The molecule has 2 N–H and O–H groups in total. The normalized spacial score (nSPS) is 12.7. The summed E-state index contributed by atoms with van der Waals surface area (Å²) in [6.07, 6.45) is 7.36. The predicted octanol–water partition coefficient (Wildman–Crippen LogP) is 2.32. The second kappa shape index (κ2) is 8.69. The molecule has 0 bridgehead atoms. The topological polar surface area (TPSA) is 66.4 Å². The van der Waals surface area contributed by atoms with Gasteiger partial charge in [-0.1, -0.05) is 48.6 Å². The summed E-state index contributed by atoms with van der Waals surface area (Å²) >= 11 is 0. The molecule has 0 saturated carbocycles. The number of rotatable bonds is 7. The van der Waals surface area contributed by atoms with Gasteiger partial charge in [-0.3, -0.25) is 4.79 Å². The highest BCUT2D eigenvalue weighted by atomic mass is 16.4. The lowest BCUT2D eigenvalue weighted by atomic mass is 10.1. The van der Waals surface area contributed by atoms with Gasteiger partial charge in [0.25, 0.3) is 0 Å². The van der Waals surface area contributed by atoms with Crippen LogP contribution in [-0.2, 0) is 16.0 Å². The first-order valence-electron chi connectivity index (χ1n) is 6.50. The van der Waals surface area contributed by atoms with Crippen LogP contribution in [0.5, 0.6) is 0 Å². The summed E-state index contributed by atoms with van der Waals surface area (Å²) in [7, 11) is 0. The molecule has 1 aromatic rings. The number of carboxylic acids is 1. The number of aryl methyl sites for hydroxylation is 1. The van der Waals surface area contributed by atoms with Gasteiger partial charge < -0.3 is 10.4 Å². The lowest BCUT2D eigenvalue weighted by molar-refractivity contribution is -0.141. The van der Waals surface area contributed by atoms with E-state index in [0.717, 1.165) is 5.56 Å². The molecule has 0 fully saturated rings. The summed E-state index contributed by atoms with van der Waals surface area (Å²) in [4.78, 5) is 22.7. The number of aliphatic carboxylic acids is 1. The van der Waals surface area contributed by atoms with Gasteiger partial charge in [0, 0.05) is 6.08 Å². The van der Waals surface area contributed by atoms with E-state index in [4.69, 9.17) is 5.11 Å². The van der Waals surface area contributed by atoms with Crippen LogP contribution in [0, 0.1) is 0 Å². The molecule has 1 atom stereocenters. The van der Waals surface area contributed by atoms with Crippen LogP contribution in [0.15, 0.2) is 54.6 Å². The fourth-order valence-corrected chi connectivity index (χ4v) is 1.69. The van der Waals surface area contributed by atoms with Crippen LogP contribution in [0.1, 0.15) is 18.9 Å². The number of carbonyl (C=O) groups is 2. The lowest BCUT2D eigenvalue weighted by Gasteiger charge is -2.13. The minimum absolute atomic E-state index is 0.364. The van der Waals surface area contributed by atoms with Crippen molar-refractivity contribution in [1.29, 1.82) is 0 Å². The standard InChI is InChI=1S/C16H19NO3/c1-2-3-5-10-15(18)17-14(16(19)20)12-11-13-8-6-4-7-9-13/h2-10,14H,11-12H2,1H3,(H,17,18)(H,19,20)/t14-/m0/s1. The van der Waals surface area contributed by atoms with E-state index < -0.39 is 17.9 Å². The van der Waals surface area contributed by atoms with Gasteiger partial charge in [0.05, 0.1) is 0 Å². The highest BCUT2D eigenvalue weighted by molar-refractivity contribution is 5.91. The Balaban J connectivity index is 2.52. The Morgan fingerprint density at radius 1 is 1.25 bits per heavy atom. The first kappa shape index (κ1) is 15.7. The molecule has 1 rings (SSSR count). The van der Waals surface area contributed by atoms with Crippen molar-refractivity contribution in [3.05, 3.63) is 60.2 Å². The number of benzene rings is 1. The largest absolute Gasteiger partial charge is 0.480 e. The molecule has 0 heterocycles. The maximum Gasteiger partial charge on any atom is 0.326 e. The van der Waals surface area contributed by atoms with Gasteiger partial charge in [-0.05, 0) is 25.3 Å². The van der Waals surface area contributed by atoms with Gasteiger partial charge in [-0.25, -0.2) is 4.79 Å². The molecule has 0 aliphatic heterocycles. The number of allylic oxidation sites excluding steroid dienone is 3. The van der Waals surface area contributed by atoms with Gasteiger partial charge in [0.15, 0.2) is 0 Å². The maximum atomic E-state index is 11.5. The van der Waals surface area contributed by atoms with Crippen LogP contribution in [0.2, 0.25) is 0 Å². The van der Waals surface area contributed by atoms with E-state index in [1.165, 1.54) is 6.08 Å². The Morgan fingerprint density at radius 2 is 1.95 bits per heavy atom. The van der Waals surface area contributed by atoms with Crippen molar-refractivity contribution in [2.24, 2.45) is 0 Å². The molecule has 0 radical (unpaired) electrons. The Kier molecular flexibility index (Phi) is 6.82. The Hall–Kier alpha value is -2.36. The minimum atomic E-state index is -1.02. The van der Waals surface area contributed by atoms with Crippen molar-refractivity contribution >= 4 is 11.9 Å². The van der Waals surface area contributed by atoms with Gasteiger partial charge in [-0.2, -0.15) is 0 Å². The fourth-order valence-electron chi connectivity index (χ4n) is 1.69. The van der Waals surface area contributed by atoms with Gasteiger partial charge in [0.1, 0.15) is 6.04 Å². The number of carbonyl (C=O) groups excluding carboxylic acids is 1. The van der Waals surface area contributed by atoms with Crippen LogP contribution in [0.3, 0.4) is 0 Å². The van der Waals surface area contributed by atoms with E-state index in [1.54, 1.807) is 18.2 Å². The Labute approximate surface area is 118 Å². The lowest BCUT2D eigenvalue weighted by Crippen LogP contribution is -2.40. The molecule has 1 aromatic carbocycles. The van der Waals surface area contributed by atoms with Crippen LogP contribution < -0.4 is 5.32 Å². The number of carboxylic acid groups (broad SMARTS) is 1. The molecule has 0 aromatic heterocycles. The molecule has 0 aliphatic carbocycles. The van der Waals surface area contributed by atoms with Crippen LogP contribution >= 0.6 is 0 Å². The van der Waals surface area contributed by atoms with E-state index >= 15 is 0 Å². The zero-order valence-electron chi connectivity index (χ0n) is 11.5. The Morgan fingerprint density at radius 3 is 2.55 bits per heavy atom. The van der Waals surface area contributed by atoms with E-state index in [2.05, 4.69) is 5.32 Å². The number of hydrogen-bond donors (Lipinski definition) is 2. The molecular formula is C16H19NO3. The molecular weight excluding hydrogens is 254 g/mol. The third kappa shape index (κ3) is 6.00. The molecule has 20 heavy (non-hydrogen) atoms. The van der Waals surface area contributed by atoms with Crippen molar-refractivity contribution in [1.82, 2.24) is 5.32 Å². The average molecular weight is 273 g/mol. The number of amides is 1. The SMILES string of the molecule is CC=CC=CC(=O)N[C@@H](CCc1ccccc1)C(=O)O. The van der Waals surface area contributed by atoms with E-state index in [0.29, 0.717) is 12.8 Å². The summed E-state index contributed by atoms with van der Waals surface area (Å²) in [6, 6.07) is 8.72. The van der Waals surface area contributed by atoms with Crippen molar-refractivity contribution in [2.45, 2.75) is 25.8 Å². The van der Waals surface area contributed by atoms with E-state index in [-0.39, 0.29) is 0 Å². The van der Waals surface area contributed by atoms with E-state index in [9.17, 15) is 9.59 Å². The molecule has 0 saturated heterocycles. The highest BCUT2D eigenvalue weighted by Gasteiger charge is 2.18. The fraction of sp³-hybridized carbons (Fsp3) is 0.250. The number of nitrogens with one attached hydrogen (secondary N) is 1. The first-order chi connectivity index (χ1) is 9.63. The van der Waals surface area contributed by atoms with E-state index in [1.807, 2.05) is 37.3 Å². The summed E-state index contributed by atoms with van der Waals surface area (Å²) in [5, 5.41) is 11.6. The molecule has 0 unspecified atom stereocenters. The molecule has 1 amide bonds. The predicted molar refractivity (Wildman–Crippen MR) is 78.3 cm³/mol. The van der Waals surface area contributed by atoms with Gasteiger partial charge in [-0.15, -0.1) is 0 Å². The molecule has 4 nitrogen and oxygen atoms in total. The zero-order chi connectivity index (χ0) is 14.8. The molecule has 4 heteroatoms. The first-order valence-corrected chi connectivity index (χ1v) is 6.50. The third-order valence-electron chi connectivity index (χ3n) is 2.73. The summed E-state index contributed by atoms with van der Waals surface area (Å²) in [5.74, 6) is -1.42. The van der Waals surface area contributed by atoms with Crippen molar-refractivity contribution < 1.29 is 14.7 Å². The molecule has 0 spiro atoms. The summed E-state index contributed by atoms with van der Waals surface area (Å²) in [5.41, 5.74) is 1.05. The number of hydrogen-bond acceptors (Lipinski definition) is 2. The Bertz CT molecular complexity index is 492. The summed E-state index contributed by atoms with van der Waals surface area (Å²) < 4.78 is 0. The second-order valence-electron chi connectivity index (χ2n) is 4.31. The van der Waals surface area contributed by atoms with Crippen molar-refractivity contribution in [3.8, 4) is 0 Å². The summed E-state index contributed by atoms with van der Waals surface area (Å²) in [6.45, 7) is 1.84. The van der Waals surface area contributed by atoms with Crippen LogP contribution in [0.4, 0.5) is 0 Å². The third-order valence-corrected chi connectivity index (χ3v) is 2.73. The van der Waals surface area contributed by atoms with Crippen molar-refractivity contribution in [2.75, 3.05) is 0 Å². The molecule has 0 aliphatic rings.